The molecule has 0 bridgehead atoms. The minimum Gasteiger partial charge on any atom is -0.338 e. The van der Waals surface area contributed by atoms with Gasteiger partial charge >= 0.3 is 0 Å². The molecule has 0 radical (unpaired) electrons. The van der Waals surface area contributed by atoms with E-state index in [1.807, 2.05) is 18.2 Å². The molecule has 1 aromatic heterocycles. The molecule has 0 fully saturated rings. The van der Waals surface area contributed by atoms with E-state index in [1.165, 1.54) is 11.8 Å². The van der Waals surface area contributed by atoms with E-state index in [2.05, 4.69) is 15.5 Å². The van der Waals surface area contributed by atoms with Crippen LogP contribution in [0.3, 0.4) is 0 Å². The highest BCUT2D eigenvalue weighted by atomic mass is 35.5. The van der Waals surface area contributed by atoms with Gasteiger partial charge in [0, 0.05) is 15.6 Å². The van der Waals surface area contributed by atoms with Crippen LogP contribution in [0.5, 0.6) is 0 Å². The molecule has 0 aliphatic rings. The van der Waals surface area contributed by atoms with Crippen molar-refractivity contribution in [3.05, 3.63) is 70.8 Å². The number of hydrogen-bond acceptors (Lipinski definition) is 5. The normalized spacial score (nSPS) is 10.6. The molecular formula is C17H14ClN3O2S. The molecule has 3 rings (SSSR count). The van der Waals surface area contributed by atoms with Crippen LogP contribution >= 0.6 is 23.4 Å². The van der Waals surface area contributed by atoms with Crippen LogP contribution in [0.2, 0.25) is 5.02 Å². The van der Waals surface area contributed by atoms with Gasteiger partial charge in [-0.25, -0.2) is 0 Å². The summed E-state index contributed by atoms with van der Waals surface area (Å²) in [4.78, 5) is 17.5. The Kier molecular flexibility index (Phi) is 5.17. The van der Waals surface area contributed by atoms with Gasteiger partial charge in [0.25, 0.3) is 5.91 Å². The van der Waals surface area contributed by atoms with E-state index in [4.69, 9.17) is 16.1 Å². The number of hydrogen-bond donors (Lipinski definition) is 1. The molecular weight excluding hydrogens is 346 g/mol. The molecule has 24 heavy (non-hydrogen) atoms. The quantitative estimate of drug-likeness (QED) is 0.675. The summed E-state index contributed by atoms with van der Waals surface area (Å²) in [5.41, 5.74) is 1.23. The molecule has 0 saturated carbocycles. The number of anilines is 1. The molecule has 0 unspecified atom stereocenters. The number of carbonyl (C=O) groups excluding carboxylic acids is 1. The van der Waals surface area contributed by atoms with Gasteiger partial charge in [0.15, 0.2) is 5.82 Å². The Labute approximate surface area is 148 Å². The third kappa shape index (κ3) is 4.15. The molecule has 1 heterocycles. The molecule has 3 aromatic rings. The number of amides is 1. The van der Waals surface area contributed by atoms with E-state index in [0.29, 0.717) is 33.7 Å². The maximum atomic E-state index is 12.5. The van der Waals surface area contributed by atoms with Crippen LogP contribution in [0.1, 0.15) is 22.1 Å². The van der Waals surface area contributed by atoms with Crippen LogP contribution in [-0.4, -0.2) is 16.0 Å². The van der Waals surface area contributed by atoms with Gasteiger partial charge in [0.1, 0.15) is 0 Å². The summed E-state index contributed by atoms with van der Waals surface area (Å²) in [7, 11) is 0. The predicted molar refractivity (Wildman–Crippen MR) is 94.4 cm³/mol. The summed E-state index contributed by atoms with van der Waals surface area (Å²) in [5.74, 6) is 1.43. The summed E-state index contributed by atoms with van der Waals surface area (Å²) in [6.07, 6.45) is 0. The summed E-state index contributed by atoms with van der Waals surface area (Å²) in [6.45, 7) is 1.77. The molecule has 5 nitrogen and oxygen atoms in total. The lowest BCUT2D eigenvalue weighted by Gasteiger charge is -2.09. The van der Waals surface area contributed by atoms with Crippen molar-refractivity contribution in [3.63, 3.8) is 0 Å². The Morgan fingerprint density at radius 3 is 2.83 bits per heavy atom. The highest BCUT2D eigenvalue weighted by molar-refractivity contribution is 7.98. The van der Waals surface area contributed by atoms with Gasteiger partial charge in [-0.3, -0.25) is 4.79 Å². The van der Waals surface area contributed by atoms with Gasteiger partial charge in [-0.1, -0.05) is 35.0 Å². The second-order valence-electron chi connectivity index (χ2n) is 4.98. The minimum absolute atomic E-state index is 0.193. The number of thioether (sulfide) groups is 1. The number of aryl methyl sites for hydroxylation is 1. The number of rotatable bonds is 5. The summed E-state index contributed by atoms with van der Waals surface area (Å²) >= 11 is 7.42. The largest absolute Gasteiger partial charge is 0.338 e. The monoisotopic (exact) mass is 359 g/mol. The highest BCUT2D eigenvalue weighted by Gasteiger charge is 2.13. The van der Waals surface area contributed by atoms with E-state index in [0.717, 1.165) is 4.90 Å². The molecule has 0 aliphatic heterocycles. The standard InChI is InChI=1S/C17H14ClN3O2S/c1-11-19-16(23-21-11)10-24-15-8-3-2-7-14(15)17(22)20-13-6-4-5-12(18)9-13/h2-9H,10H2,1H3,(H,20,22). The first-order valence-corrected chi connectivity index (χ1v) is 8.56. The molecule has 0 atom stereocenters. The third-order valence-electron chi connectivity index (χ3n) is 3.13. The lowest BCUT2D eigenvalue weighted by molar-refractivity contribution is 0.102. The molecule has 1 N–H and O–H groups in total. The summed E-state index contributed by atoms with van der Waals surface area (Å²) < 4.78 is 5.10. The van der Waals surface area contributed by atoms with Gasteiger partial charge in [-0.2, -0.15) is 4.98 Å². The van der Waals surface area contributed by atoms with Crippen molar-refractivity contribution in [1.29, 1.82) is 0 Å². The van der Waals surface area contributed by atoms with Crippen LogP contribution in [0, 0.1) is 6.92 Å². The molecule has 0 spiro atoms. The first-order valence-electron chi connectivity index (χ1n) is 7.20. The van der Waals surface area contributed by atoms with Crippen LogP contribution in [0.4, 0.5) is 5.69 Å². The zero-order chi connectivity index (χ0) is 16.9. The zero-order valence-corrected chi connectivity index (χ0v) is 14.4. The fraction of sp³-hybridized carbons (Fsp3) is 0.118. The average molecular weight is 360 g/mol. The van der Waals surface area contributed by atoms with E-state index < -0.39 is 0 Å². The van der Waals surface area contributed by atoms with E-state index in [-0.39, 0.29) is 5.91 Å². The van der Waals surface area contributed by atoms with Gasteiger partial charge < -0.3 is 9.84 Å². The first-order chi connectivity index (χ1) is 11.6. The lowest BCUT2D eigenvalue weighted by Crippen LogP contribution is -2.12. The second kappa shape index (κ2) is 7.51. The smallest absolute Gasteiger partial charge is 0.256 e. The Hall–Kier alpha value is -2.31. The van der Waals surface area contributed by atoms with Crippen molar-refractivity contribution in [2.75, 3.05) is 5.32 Å². The van der Waals surface area contributed by atoms with Crippen molar-refractivity contribution in [2.24, 2.45) is 0 Å². The van der Waals surface area contributed by atoms with Crippen molar-refractivity contribution >= 4 is 35.0 Å². The predicted octanol–water partition coefficient (Wildman–Crippen LogP) is 4.58. The molecule has 7 heteroatoms. The van der Waals surface area contributed by atoms with Crippen molar-refractivity contribution in [3.8, 4) is 0 Å². The second-order valence-corrected chi connectivity index (χ2v) is 6.44. The van der Waals surface area contributed by atoms with E-state index >= 15 is 0 Å². The van der Waals surface area contributed by atoms with Crippen molar-refractivity contribution < 1.29 is 9.32 Å². The number of nitrogens with one attached hydrogen (secondary N) is 1. The third-order valence-corrected chi connectivity index (χ3v) is 4.43. The fourth-order valence-electron chi connectivity index (χ4n) is 2.08. The van der Waals surface area contributed by atoms with E-state index in [9.17, 15) is 4.79 Å². The van der Waals surface area contributed by atoms with Gasteiger partial charge in [0.2, 0.25) is 5.89 Å². The minimum atomic E-state index is -0.193. The molecule has 0 saturated heterocycles. The Balaban J connectivity index is 1.74. The average Bonchev–Trinajstić information content (AvgIpc) is 2.99. The number of nitrogens with zero attached hydrogens (tertiary/aromatic N) is 2. The maximum Gasteiger partial charge on any atom is 0.256 e. The number of benzene rings is 2. The molecule has 2 aromatic carbocycles. The van der Waals surface area contributed by atoms with Crippen LogP contribution in [0.25, 0.3) is 0 Å². The Morgan fingerprint density at radius 2 is 2.08 bits per heavy atom. The topological polar surface area (TPSA) is 68.0 Å². The number of halogens is 1. The lowest BCUT2D eigenvalue weighted by atomic mass is 10.2. The molecule has 1 amide bonds. The van der Waals surface area contributed by atoms with Crippen molar-refractivity contribution in [1.82, 2.24) is 10.1 Å². The van der Waals surface area contributed by atoms with Gasteiger partial charge in [-0.15, -0.1) is 11.8 Å². The van der Waals surface area contributed by atoms with Gasteiger partial charge in [0.05, 0.1) is 11.3 Å². The maximum absolute atomic E-state index is 12.5. The highest BCUT2D eigenvalue weighted by Crippen LogP contribution is 2.26. The van der Waals surface area contributed by atoms with Gasteiger partial charge in [-0.05, 0) is 37.3 Å². The van der Waals surface area contributed by atoms with Crippen LogP contribution in [-0.2, 0) is 5.75 Å². The molecule has 0 aliphatic carbocycles. The summed E-state index contributed by atoms with van der Waals surface area (Å²) in [6, 6.07) is 14.4. The van der Waals surface area contributed by atoms with E-state index in [1.54, 1.807) is 37.3 Å². The first kappa shape index (κ1) is 16.5. The fourth-order valence-corrected chi connectivity index (χ4v) is 3.16. The summed E-state index contributed by atoms with van der Waals surface area (Å²) in [5, 5.41) is 7.18. The Morgan fingerprint density at radius 1 is 1.25 bits per heavy atom. The Bertz CT molecular complexity index is 866. The van der Waals surface area contributed by atoms with Crippen LogP contribution < -0.4 is 5.32 Å². The zero-order valence-electron chi connectivity index (χ0n) is 12.8. The number of aromatic nitrogens is 2. The molecule has 122 valence electrons. The van der Waals surface area contributed by atoms with Crippen LogP contribution in [0.15, 0.2) is 57.9 Å². The number of carbonyl (C=O) groups is 1. The SMILES string of the molecule is Cc1noc(CSc2ccccc2C(=O)Nc2cccc(Cl)c2)n1. The van der Waals surface area contributed by atoms with Crippen molar-refractivity contribution in [2.45, 2.75) is 17.6 Å².